The van der Waals surface area contributed by atoms with Gasteiger partial charge in [-0.05, 0) is 30.2 Å². The lowest BCUT2D eigenvalue weighted by molar-refractivity contribution is -0.123. The van der Waals surface area contributed by atoms with E-state index in [1.54, 1.807) is 24.3 Å². The molecule has 4 nitrogen and oxygen atoms in total. The van der Waals surface area contributed by atoms with Crippen molar-refractivity contribution in [1.82, 2.24) is 5.32 Å². The van der Waals surface area contributed by atoms with Gasteiger partial charge in [0, 0.05) is 6.54 Å². The van der Waals surface area contributed by atoms with E-state index >= 15 is 0 Å². The van der Waals surface area contributed by atoms with E-state index in [2.05, 4.69) is 5.32 Å². The molecule has 0 aliphatic heterocycles. The van der Waals surface area contributed by atoms with Crippen molar-refractivity contribution in [3.05, 3.63) is 65.2 Å². The number of carbonyl (C=O) groups excluding carboxylic acids is 1. The second-order valence-corrected chi connectivity index (χ2v) is 4.85. The molecule has 0 bridgehead atoms. The lowest BCUT2D eigenvalue weighted by Gasteiger charge is -2.08. The normalized spacial score (nSPS) is 9.73. The van der Waals surface area contributed by atoms with Crippen LogP contribution in [0.4, 0.5) is 0 Å². The Hall–Kier alpha value is -1.90. The highest BCUT2D eigenvalue weighted by atomic mass is 31.0. The number of aliphatic hydroxyl groups is 1. The molecular formula is C17H22NO3P. The van der Waals surface area contributed by atoms with Gasteiger partial charge in [-0.25, -0.2) is 0 Å². The highest BCUT2D eigenvalue weighted by Gasteiger charge is 2.03. The fourth-order valence-corrected chi connectivity index (χ4v) is 1.80. The topological polar surface area (TPSA) is 58.6 Å². The minimum atomic E-state index is -0.165. The molecule has 0 aromatic heterocycles. The van der Waals surface area contributed by atoms with Crippen LogP contribution in [0.3, 0.4) is 0 Å². The van der Waals surface area contributed by atoms with Gasteiger partial charge in [-0.2, -0.15) is 9.90 Å². The molecule has 2 rings (SSSR count). The van der Waals surface area contributed by atoms with Crippen LogP contribution in [-0.4, -0.2) is 17.6 Å². The SMILES string of the molecule is Cc1ccc(CNC(=O)COc2ccc(CO)cc2)cc1.P. The minimum absolute atomic E-state index is 0. The average molecular weight is 319 g/mol. The van der Waals surface area contributed by atoms with Crippen LogP contribution in [0.5, 0.6) is 5.75 Å². The van der Waals surface area contributed by atoms with Crippen molar-refractivity contribution < 1.29 is 14.6 Å². The molecule has 0 saturated heterocycles. The van der Waals surface area contributed by atoms with E-state index in [4.69, 9.17) is 9.84 Å². The van der Waals surface area contributed by atoms with Crippen molar-refractivity contribution in [2.75, 3.05) is 6.61 Å². The largest absolute Gasteiger partial charge is 0.484 e. The van der Waals surface area contributed by atoms with Crippen molar-refractivity contribution in [3.8, 4) is 5.75 Å². The number of hydrogen-bond donors (Lipinski definition) is 2. The number of hydrogen-bond acceptors (Lipinski definition) is 3. The maximum atomic E-state index is 11.7. The number of aliphatic hydroxyl groups excluding tert-OH is 1. The summed E-state index contributed by atoms with van der Waals surface area (Å²) in [6.07, 6.45) is 0. The van der Waals surface area contributed by atoms with Gasteiger partial charge in [0.05, 0.1) is 6.61 Å². The van der Waals surface area contributed by atoms with Gasteiger partial charge >= 0.3 is 0 Å². The first-order chi connectivity index (χ1) is 10.2. The quantitative estimate of drug-likeness (QED) is 0.803. The molecule has 118 valence electrons. The van der Waals surface area contributed by atoms with E-state index in [1.807, 2.05) is 31.2 Å². The predicted octanol–water partition coefficient (Wildman–Crippen LogP) is 2.24. The second-order valence-electron chi connectivity index (χ2n) is 4.85. The maximum Gasteiger partial charge on any atom is 0.258 e. The van der Waals surface area contributed by atoms with Gasteiger partial charge in [-0.15, -0.1) is 0 Å². The number of amides is 1. The Morgan fingerprint density at radius 2 is 1.64 bits per heavy atom. The van der Waals surface area contributed by atoms with Crippen molar-refractivity contribution in [1.29, 1.82) is 0 Å². The third-order valence-electron chi connectivity index (χ3n) is 3.09. The fourth-order valence-electron chi connectivity index (χ4n) is 1.80. The zero-order valence-electron chi connectivity index (χ0n) is 12.7. The van der Waals surface area contributed by atoms with E-state index in [0.717, 1.165) is 11.1 Å². The molecular weight excluding hydrogens is 297 g/mol. The van der Waals surface area contributed by atoms with Gasteiger partial charge < -0.3 is 15.2 Å². The van der Waals surface area contributed by atoms with E-state index < -0.39 is 0 Å². The standard InChI is InChI=1S/C17H19NO3.H3P/c1-13-2-4-14(5-3-13)10-18-17(20)12-21-16-8-6-15(11-19)7-9-16;/h2-9,19H,10-12H2,1H3,(H,18,20);1H3. The first-order valence-electron chi connectivity index (χ1n) is 6.82. The number of carbonyl (C=O) groups is 1. The van der Waals surface area contributed by atoms with Gasteiger partial charge in [0.1, 0.15) is 5.75 Å². The van der Waals surface area contributed by atoms with Crippen LogP contribution in [0, 0.1) is 6.92 Å². The molecule has 1 unspecified atom stereocenters. The average Bonchev–Trinajstić information content (AvgIpc) is 2.53. The Balaban J connectivity index is 0.00000242. The minimum Gasteiger partial charge on any atom is -0.484 e. The number of aryl methyl sites for hydroxylation is 1. The number of ether oxygens (including phenoxy) is 1. The third-order valence-corrected chi connectivity index (χ3v) is 3.09. The Morgan fingerprint density at radius 1 is 1.05 bits per heavy atom. The summed E-state index contributed by atoms with van der Waals surface area (Å²) in [5.74, 6) is 0.444. The molecule has 0 aliphatic carbocycles. The smallest absolute Gasteiger partial charge is 0.258 e. The molecule has 2 aromatic carbocycles. The van der Waals surface area contributed by atoms with Crippen molar-refractivity contribution in [3.63, 3.8) is 0 Å². The number of benzene rings is 2. The second kappa shape index (κ2) is 9.19. The monoisotopic (exact) mass is 319 g/mol. The molecule has 0 radical (unpaired) electrons. The molecule has 0 aliphatic rings. The van der Waals surface area contributed by atoms with Crippen LogP contribution < -0.4 is 10.1 Å². The zero-order chi connectivity index (χ0) is 15.1. The van der Waals surface area contributed by atoms with Crippen LogP contribution in [0.2, 0.25) is 0 Å². The van der Waals surface area contributed by atoms with E-state index in [-0.39, 0.29) is 29.0 Å². The van der Waals surface area contributed by atoms with Gasteiger partial charge in [0.15, 0.2) is 6.61 Å². The van der Waals surface area contributed by atoms with Crippen molar-refractivity contribution in [2.24, 2.45) is 0 Å². The summed E-state index contributed by atoms with van der Waals surface area (Å²) >= 11 is 0. The Kier molecular flexibility index (Phi) is 7.58. The van der Waals surface area contributed by atoms with Crippen molar-refractivity contribution >= 4 is 15.8 Å². The van der Waals surface area contributed by atoms with Gasteiger partial charge in [0.25, 0.3) is 5.91 Å². The first kappa shape index (κ1) is 18.1. The van der Waals surface area contributed by atoms with Crippen molar-refractivity contribution in [2.45, 2.75) is 20.1 Å². The summed E-state index contributed by atoms with van der Waals surface area (Å²) in [4.78, 5) is 11.7. The highest BCUT2D eigenvalue weighted by Crippen LogP contribution is 2.11. The summed E-state index contributed by atoms with van der Waals surface area (Å²) in [7, 11) is 0. The third kappa shape index (κ3) is 5.84. The summed E-state index contributed by atoms with van der Waals surface area (Å²) in [5.41, 5.74) is 3.06. The molecule has 5 heteroatoms. The summed E-state index contributed by atoms with van der Waals surface area (Å²) in [5, 5.41) is 11.7. The van der Waals surface area contributed by atoms with E-state index in [9.17, 15) is 4.79 Å². The lowest BCUT2D eigenvalue weighted by atomic mass is 10.1. The molecule has 0 spiro atoms. The molecule has 0 heterocycles. The van der Waals surface area contributed by atoms with E-state index in [1.165, 1.54) is 5.56 Å². The molecule has 1 amide bonds. The Bertz CT molecular complexity index is 582. The number of rotatable bonds is 6. The molecule has 2 N–H and O–H groups in total. The first-order valence-corrected chi connectivity index (χ1v) is 6.82. The van der Waals surface area contributed by atoms with Crippen LogP contribution in [0.25, 0.3) is 0 Å². The summed E-state index contributed by atoms with van der Waals surface area (Å²) in [6.45, 7) is 2.49. The lowest BCUT2D eigenvalue weighted by Crippen LogP contribution is -2.28. The Morgan fingerprint density at radius 3 is 2.23 bits per heavy atom. The van der Waals surface area contributed by atoms with E-state index in [0.29, 0.717) is 12.3 Å². The fraction of sp³-hybridized carbons (Fsp3) is 0.235. The van der Waals surface area contributed by atoms with Gasteiger partial charge in [-0.1, -0.05) is 42.0 Å². The molecule has 22 heavy (non-hydrogen) atoms. The summed E-state index contributed by atoms with van der Waals surface area (Å²) in [6, 6.07) is 15.0. The van der Waals surface area contributed by atoms with Crippen LogP contribution >= 0.6 is 9.90 Å². The predicted molar refractivity (Wildman–Crippen MR) is 92.0 cm³/mol. The Labute approximate surface area is 134 Å². The van der Waals surface area contributed by atoms with Gasteiger partial charge in [-0.3, -0.25) is 4.79 Å². The van der Waals surface area contributed by atoms with Crippen LogP contribution in [-0.2, 0) is 17.9 Å². The van der Waals surface area contributed by atoms with Gasteiger partial charge in [0.2, 0.25) is 0 Å². The highest BCUT2D eigenvalue weighted by molar-refractivity contribution is 6.92. The maximum absolute atomic E-state index is 11.7. The molecule has 0 fully saturated rings. The zero-order valence-corrected chi connectivity index (χ0v) is 14.1. The molecule has 1 atom stereocenters. The summed E-state index contributed by atoms with van der Waals surface area (Å²) < 4.78 is 5.38. The van der Waals surface area contributed by atoms with Crippen LogP contribution in [0.15, 0.2) is 48.5 Å². The number of nitrogens with one attached hydrogen (secondary N) is 1. The molecule has 0 saturated carbocycles. The van der Waals surface area contributed by atoms with Crippen LogP contribution in [0.1, 0.15) is 16.7 Å². The molecule has 2 aromatic rings.